The summed E-state index contributed by atoms with van der Waals surface area (Å²) in [6.07, 6.45) is 1.25. The monoisotopic (exact) mass is 455 g/mol. The van der Waals surface area contributed by atoms with Crippen molar-refractivity contribution in [2.75, 3.05) is 13.7 Å². The van der Waals surface area contributed by atoms with Gasteiger partial charge in [0.25, 0.3) is 11.4 Å². The average molecular weight is 455 g/mol. The number of rotatable bonds is 8. The van der Waals surface area contributed by atoms with Crippen LogP contribution >= 0.6 is 0 Å². The van der Waals surface area contributed by atoms with Gasteiger partial charge in [-0.05, 0) is 37.6 Å². The fourth-order valence-corrected chi connectivity index (χ4v) is 2.71. The normalized spacial score (nSPS) is 10.7. The van der Waals surface area contributed by atoms with Crippen LogP contribution in [0.4, 0.5) is 11.4 Å². The van der Waals surface area contributed by atoms with Crippen LogP contribution in [0.2, 0.25) is 0 Å². The molecule has 0 aliphatic heterocycles. The second-order valence-corrected chi connectivity index (χ2v) is 6.34. The number of nitro benzene ring substituents is 2. The molecule has 0 aromatic heterocycles. The molecule has 0 atom stereocenters. The molecule has 0 unspecified atom stereocenters. The van der Waals surface area contributed by atoms with Crippen molar-refractivity contribution < 1.29 is 33.6 Å². The molecule has 170 valence electrons. The van der Waals surface area contributed by atoms with Crippen LogP contribution in [0.15, 0.2) is 35.9 Å². The van der Waals surface area contributed by atoms with Crippen molar-refractivity contribution >= 4 is 29.4 Å². The number of nitriles is 1. The van der Waals surface area contributed by atoms with E-state index in [1.807, 2.05) is 0 Å². The van der Waals surface area contributed by atoms with Gasteiger partial charge < -0.3 is 14.2 Å². The van der Waals surface area contributed by atoms with Crippen molar-refractivity contribution in [1.82, 2.24) is 0 Å². The summed E-state index contributed by atoms with van der Waals surface area (Å²) in [6.45, 7) is 2.88. The molecule has 2 aromatic carbocycles. The van der Waals surface area contributed by atoms with Gasteiger partial charge in [0.15, 0.2) is 11.5 Å². The van der Waals surface area contributed by atoms with Gasteiger partial charge in [0.1, 0.15) is 17.2 Å². The highest BCUT2D eigenvalue weighted by Crippen LogP contribution is 2.32. The summed E-state index contributed by atoms with van der Waals surface area (Å²) in [5, 5.41) is 31.6. The second-order valence-electron chi connectivity index (χ2n) is 6.34. The highest BCUT2D eigenvalue weighted by Gasteiger charge is 2.26. The van der Waals surface area contributed by atoms with Crippen molar-refractivity contribution in [1.29, 1.82) is 5.26 Å². The Kier molecular flexibility index (Phi) is 7.78. The SMILES string of the molecule is CCOC(=O)/C(C#N)=C/c1ccc(OC(=O)c2cc([N+](=O)[O-])c(C)c([N+](=O)[O-])c2)c(OC)c1. The lowest BCUT2D eigenvalue weighted by atomic mass is 10.1. The Morgan fingerprint density at radius 1 is 1.09 bits per heavy atom. The Bertz CT molecular complexity index is 1180. The lowest BCUT2D eigenvalue weighted by molar-refractivity contribution is -0.395. The van der Waals surface area contributed by atoms with Gasteiger partial charge in [0.05, 0.1) is 29.1 Å². The Labute approximate surface area is 186 Å². The quantitative estimate of drug-likeness (QED) is 0.143. The number of carbonyl (C=O) groups is 2. The molecule has 33 heavy (non-hydrogen) atoms. The Morgan fingerprint density at radius 2 is 1.70 bits per heavy atom. The topological polar surface area (TPSA) is 172 Å². The zero-order valence-electron chi connectivity index (χ0n) is 17.7. The summed E-state index contributed by atoms with van der Waals surface area (Å²) in [4.78, 5) is 45.1. The zero-order chi connectivity index (χ0) is 24.7. The van der Waals surface area contributed by atoms with Crippen molar-refractivity contribution in [3.8, 4) is 17.6 Å². The highest BCUT2D eigenvalue weighted by molar-refractivity contribution is 5.98. The average Bonchev–Trinajstić information content (AvgIpc) is 2.77. The molecule has 0 amide bonds. The van der Waals surface area contributed by atoms with Gasteiger partial charge in [-0.1, -0.05) is 6.07 Å². The number of hydrogen-bond acceptors (Lipinski definition) is 10. The minimum Gasteiger partial charge on any atom is -0.493 e. The maximum absolute atomic E-state index is 12.6. The van der Waals surface area contributed by atoms with Crippen molar-refractivity contribution in [3.05, 3.63) is 72.8 Å². The van der Waals surface area contributed by atoms with E-state index in [0.717, 1.165) is 12.1 Å². The first kappa shape index (κ1) is 24.5. The van der Waals surface area contributed by atoms with E-state index in [-0.39, 0.29) is 29.2 Å². The van der Waals surface area contributed by atoms with Crippen LogP contribution in [0, 0.1) is 38.5 Å². The maximum Gasteiger partial charge on any atom is 0.348 e. The molecule has 0 radical (unpaired) electrons. The summed E-state index contributed by atoms with van der Waals surface area (Å²) in [5.41, 5.74) is -1.72. The van der Waals surface area contributed by atoms with Crippen LogP contribution in [0.25, 0.3) is 6.08 Å². The van der Waals surface area contributed by atoms with Crippen LogP contribution in [0.1, 0.15) is 28.4 Å². The molecular weight excluding hydrogens is 438 g/mol. The minimum absolute atomic E-state index is 0.0364. The second kappa shape index (κ2) is 10.5. The van der Waals surface area contributed by atoms with Crippen LogP contribution < -0.4 is 9.47 Å². The zero-order valence-corrected chi connectivity index (χ0v) is 17.7. The van der Waals surface area contributed by atoms with E-state index in [2.05, 4.69) is 0 Å². The number of esters is 2. The molecule has 0 aliphatic carbocycles. The third-order valence-electron chi connectivity index (χ3n) is 4.30. The van der Waals surface area contributed by atoms with Crippen LogP contribution in [0.5, 0.6) is 11.5 Å². The summed E-state index contributed by atoms with van der Waals surface area (Å²) >= 11 is 0. The molecule has 0 spiro atoms. The largest absolute Gasteiger partial charge is 0.493 e. The molecule has 2 aromatic rings. The first-order valence-corrected chi connectivity index (χ1v) is 9.25. The summed E-state index contributed by atoms with van der Waals surface area (Å²) in [5.74, 6) is -1.96. The fourth-order valence-electron chi connectivity index (χ4n) is 2.71. The summed E-state index contributed by atoms with van der Waals surface area (Å²) in [7, 11) is 1.28. The molecular formula is C21H17N3O9. The number of hydrogen-bond donors (Lipinski definition) is 0. The van der Waals surface area contributed by atoms with Gasteiger partial charge >= 0.3 is 11.9 Å². The van der Waals surface area contributed by atoms with E-state index in [9.17, 15) is 29.8 Å². The van der Waals surface area contributed by atoms with E-state index in [4.69, 9.17) is 19.5 Å². The van der Waals surface area contributed by atoms with Crippen molar-refractivity contribution in [2.24, 2.45) is 0 Å². The van der Waals surface area contributed by atoms with Gasteiger partial charge in [-0.3, -0.25) is 20.2 Å². The van der Waals surface area contributed by atoms with E-state index < -0.39 is 38.7 Å². The standard InChI is InChI=1S/C21H17N3O9/c1-4-32-20(25)15(11-22)7-13-5-6-18(19(8-13)31-3)33-21(26)14-9-16(23(27)28)12(2)17(10-14)24(29)30/h5-10H,4H2,1-3H3/b15-7+. The molecule has 2 rings (SSSR count). The molecule has 0 fully saturated rings. The number of nitrogens with zero attached hydrogens (tertiary/aromatic N) is 3. The molecule has 0 heterocycles. The van der Waals surface area contributed by atoms with E-state index in [1.54, 1.807) is 13.0 Å². The number of ether oxygens (including phenoxy) is 3. The van der Waals surface area contributed by atoms with E-state index in [1.165, 1.54) is 38.3 Å². The lowest BCUT2D eigenvalue weighted by Gasteiger charge is -2.10. The minimum atomic E-state index is -1.09. The third kappa shape index (κ3) is 5.67. The van der Waals surface area contributed by atoms with Gasteiger partial charge in [-0.2, -0.15) is 5.26 Å². The molecule has 0 saturated heterocycles. The Hall–Kier alpha value is -4.79. The number of carbonyl (C=O) groups excluding carboxylic acids is 2. The fraction of sp³-hybridized carbons (Fsp3) is 0.190. The molecule has 0 bridgehead atoms. The highest BCUT2D eigenvalue weighted by atomic mass is 16.6. The number of benzene rings is 2. The number of methoxy groups -OCH3 is 1. The summed E-state index contributed by atoms with van der Waals surface area (Å²) < 4.78 is 15.2. The third-order valence-corrected chi connectivity index (χ3v) is 4.30. The first-order valence-electron chi connectivity index (χ1n) is 9.25. The van der Waals surface area contributed by atoms with Gasteiger partial charge in [-0.25, -0.2) is 9.59 Å². The van der Waals surface area contributed by atoms with Gasteiger partial charge in [0, 0.05) is 12.1 Å². The lowest BCUT2D eigenvalue weighted by Crippen LogP contribution is -2.11. The predicted octanol–water partition coefficient (Wildman–Crippen LogP) is 3.51. The van der Waals surface area contributed by atoms with Crippen molar-refractivity contribution in [3.63, 3.8) is 0 Å². The Morgan fingerprint density at radius 3 is 2.18 bits per heavy atom. The summed E-state index contributed by atoms with van der Waals surface area (Å²) in [6, 6.07) is 7.59. The van der Waals surface area contributed by atoms with Crippen molar-refractivity contribution in [2.45, 2.75) is 13.8 Å². The van der Waals surface area contributed by atoms with Gasteiger partial charge in [-0.15, -0.1) is 0 Å². The van der Waals surface area contributed by atoms with E-state index in [0.29, 0.717) is 5.56 Å². The molecule has 12 heteroatoms. The molecule has 0 N–H and O–H groups in total. The van der Waals surface area contributed by atoms with Crippen LogP contribution in [-0.4, -0.2) is 35.5 Å². The molecule has 12 nitrogen and oxygen atoms in total. The van der Waals surface area contributed by atoms with E-state index >= 15 is 0 Å². The number of nitro groups is 2. The molecule has 0 saturated carbocycles. The smallest absolute Gasteiger partial charge is 0.348 e. The van der Waals surface area contributed by atoms with Crippen LogP contribution in [-0.2, 0) is 9.53 Å². The maximum atomic E-state index is 12.6. The predicted molar refractivity (Wildman–Crippen MR) is 113 cm³/mol. The Balaban J connectivity index is 2.41. The molecule has 0 aliphatic rings. The van der Waals surface area contributed by atoms with Gasteiger partial charge in [0.2, 0.25) is 0 Å². The van der Waals surface area contributed by atoms with Crippen LogP contribution in [0.3, 0.4) is 0 Å². The first-order chi connectivity index (χ1) is 15.6.